The summed E-state index contributed by atoms with van der Waals surface area (Å²) in [6, 6.07) is 13.8. The number of fused-ring (bicyclic) bond motifs is 1. The van der Waals surface area contributed by atoms with Crippen molar-refractivity contribution in [2.75, 3.05) is 12.4 Å². The van der Waals surface area contributed by atoms with E-state index in [4.69, 9.17) is 4.74 Å². The van der Waals surface area contributed by atoms with Crippen molar-refractivity contribution >= 4 is 22.5 Å². The van der Waals surface area contributed by atoms with Crippen LogP contribution in [-0.2, 0) is 10.2 Å². The number of aryl methyl sites for hydroxylation is 2. The van der Waals surface area contributed by atoms with Crippen LogP contribution in [0.25, 0.3) is 10.9 Å². The molecule has 0 bridgehead atoms. The molecule has 130 valence electrons. The fourth-order valence-electron chi connectivity index (χ4n) is 3.39. The Hall–Kier alpha value is -2.75. The molecule has 0 saturated carbocycles. The largest absolute Gasteiger partial charge is 0.495 e. The third kappa shape index (κ3) is 3.00. The zero-order valence-corrected chi connectivity index (χ0v) is 15.4. The first-order chi connectivity index (χ1) is 11.8. The van der Waals surface area contributed by atoms with Gasteiger partial charge in [0.25, 0.3) is 0 Å². The first-order valence-corrected chi connectivity index (χ1v) is 8.38. The molecule has 0 aliphatic carbocycles. The van der Waals surface area contributed by atoms with Gasteiger partial charge in [0.1, 0.15) is 5.75 Å². The fraction of sp³-hybridized carbons (Fsp3) is 0.286. The van der Waals surface area contributed by atoms with Gasteiger partial charge in [0.2, 0.25) is 5.91 Å². The number of carbonyl (C=O) groups is 1. The lowest BCUT2D eigenvalue weighted by molar-refractivity contribution is -0.120. The average molecular weight is 336 g/mol. The number of H-pyrrole nitrogens is 1. The highest BCUT2D eigenvalue weighted by Crippen LogP contribution is 2.35. The summed E-state index contributed by atoms with van der Waals surface area (Å²) in [5.74, 6) is 0.592. The van der Waals surface area contributed by atoms with Crippen LogP contribution in [-0.4, -0.2) is 18.0 Å². The summed E-state index contributed by atoms with van der Waals surface area (Å²) < 4.78 is 5.38. The summed E-state index contributed by atoms with van der Waals surface area (Å²) in [5.41, 5.74) is 4.14. The molecule has 0 saturated heterocycles. The summed E-state index contributed by atoms with van der Waals surface area (Å²) in [6.45, 7) is 7.90. The normalized spacial score (nSPS) is 11.6. The molecule has 0 fully saturated rings. The third-order valence-corrected chi connectivity index (χ3v) is 4.69. The third-order valence-electron chi connectivity index (χ3n) is 4.69. The Bertz CT molecular complexity index is 938. The molecule has 2 N–H and O–H groups in total. The van der Waals surface area contributed by atoms with E-state index < -0.39 is 5.41 Å². The van der Waals surface area contributed by atoms with E-state index in [1.165, 1.54) is 0 Å². The predicted molar refractivity (Wildman–Crippen MR) is 102 cm³/mol. The number of ether oxygens (including phenoxy) is 1. The number of anilines is 1. The van der Waals surface area contributed by atoms with Crippen LogP contribution in [0.5, 0.6) is 5.75 Å². The number of para-hydroxylation sites is 1. The minimum absolute atomic E-state index is 0.0655. The summed E-state index contributed by atoms with van der Waals surface area (Å²) in [7, 11) is 1.61. The van der Waals surface area contributed by atoms with Crippen molar-refractivity contribution < 1.29 is 9.53 Å². The van der Waals surface area contributed by atoms with Gasteiger partial charge in [-0.3, -0.25) is 4.79 Å². The molecule has 0 spiro atoms. The lowest BCUT2D eigenvalue weighted by atomic mass is 9.81. The molecule has 1 amide bonds. The number of amides is 1. The first-order valence-electron chi connectivity index (χ1n) is 8.38. The maximum atomic E-state index is 13.1. The number of carbonyl (C=O) groups excluding carboxylic acids is 1. The Morgan fingerprint density at radius 2 is 1.84 bits per heavy atom. The molecule has 0 unspecified atom stereocenters. The van der Waals surface area contributed by atoms with Gasteiger partial charge in [0.05, 0.1) is 18.2 Å². The van der Waals surface area contributed by atoms with Crippen molar-refractivity contribution in [1.82, 2.24) is 4.98 Å². The van der Waals surface area contributed by atoms with Gasteiger partial charge in [-0.2, -0.15) is 0 Å². The lowest BCUT2D eigenvalue weighted by Gasteiger charge is -2.25. The lowest BCUT2D eigenvalue weighted by Crippen LogP contribution is -2.35. The Labute approximate surface area is 148 Å². The van der Waals surface area contributed by atoms with E-state index >= 15 is 0 Å². The van der Waals surface area contributed by atoms with Crippen LogP contribution in [0.4, 0.5) is 5.69 Å². The molecular weight excluding hydrogens is 312 g/mol. The van der Waals surface area contributed by atoms with Crippen LogP contribution < -0.4 is 10.1 Å². The van der Waals surface area contributed by atoms with Gasteiger partial charge in [-0.15, -0.1) is 0 Å². The van der Waals surface area contributed by atoms with Crippen LogP contribution in [0, 0.1) is 13.8 Å². The first kappa shape index (κ1) is 17.1. The van der Waals surface area contributed by atoms with E-state index in [2.05, 4.69) is 16.4 Å². The smallest absolute Gasteiger partial charge is 0.234 e. The van der Waals surface area contributed by atoms with E-state index in [1.807, 2.05) is 64.1 Å². The second kappa shape index (κ2) is 6.28. The van der Waals surface area contributed by atoms with Gasteiger partial charge in [0.15, 0.2) is 0 Å². The van der Waals surface area contributed by atoms with E-state index in [9.17, 15) is 4.79 Å². The fourth-order valence-corrected chi connectivity index (χ4v) is 3.39. The van der Waals surface area contributed by atoms with Gasteiger partial charge in [-0.05, 0) is 57.0 Å². The number of hydrogen-bond acceptors (Lipinski definition) is 2. The maximum Gasteiger partial charge on any atom is 0.234 e. The zero-order chi connectivity index (χ0) is 18.2. The van der Waals surface area contributed by atoms with Crippen LogP contribution in [0.15, 0.2) is 42.5 Å². The SMILES string of the molecule is COc1ccc(C)cc1NC(=O)C(C)(C)c1c(C)[nH]c2ccccc12. The second-order valence-electron chi connectivity index (χ2n) is 6.95. The number of aromatic amines is 1. The number of nitrogens with one attached hydrogen (secondary N) is 2. The molecular formula is C21H24N2O2. The molecule has 0 atom stereocenters. The van der Waals surface area contributed by atoms with Crippen LogP contribution in [0.3, 0.4) is 0 Å². The van der Waals surface area contributed by atoms with Gasteiger partial charge in [-0.25, -0.2) is 0 Å². The molecule has 1 heterocycles. The summed E-state index contributed by atoms with van der Waals surface area (Å²) >= 11 is 0. The van der Waals surface area contributed by atoms with Gasteiger partial charge in [-0.1, -0.05) is 24.3 Å². The van der Waals surface area contributed by atoms with Gasteiger partial charge in [0, 0.05) is 16.6 Å². The number of methoxy groups -OCH3 is 1. The van der Waals surface area contributed by atoms with Crippen molar-refractivity contribution in [3.63, 3.8) is 0 Å². The Morgan fingerprint density at radius 3 is 2.56 bits per heavy atom. The van der Waals surface area contributed by atoms with E-state index in [0.29, 0.717) is 11.4 Å². The topological polar surface area (TPSA) is 54.1 Å². The van der Waals surface area contributed by atoms with Crippen LogP contribution in [0.1, 0.15) is 30.7 Å². The molecule has 2 aromatic carbocycles. The number of aromatic nitrogens is 1. The summed E-state index contributed by atoms with van der Waals surface area (Å²) in [6.07, 6.45) is 0. The monoisotopic (exact) mass is 336 g/mol. The molecule has 4 nitrogen and oxygen atoms in total. The van der Waals surface area contributed by atoms with Crippen molar-refractivity contribution in [3.8, 4) is 5.75 Å². The molecule has 25 heavy (non-hydrogen) atoms. The maximum absolute atomic E-state index is 13.1. The van der Waals surface area contributed by atoms with E-state index in [-0.39, 0.29) is 5.91 Å². The standard InChI is InChI=1S/C21H24N2O2/c1-13-10-11-18(25-5)17(12-13)23-20(24)21(3,4)19-14(2)22-16-9-7-6-8-15(16)19/h6-12,22H,1-5H3,(H,23,24). The van der Waals surface area contributed by atoms with E-state index in [0.717, 1.165) is 27.7 Å². The highest BCUT2D eigenvalue weighted by molar-refractivity contribution is 6.03. The van der Waals surface area contributed by atoms with Gasteiger partial charge < -0.3 is 15.0 Å². The molecule has 1 aromatic heterocycles. The Morgan fingerprint density at radius 1 is 1.12 bits per heavy atom. The average Bonchev–Trinajstić information content (AvgIpc) is 2.91. The number of hydrogen-bond donors (Lipinski definition) is 2. The number of benzene rings is 2. The quantitative estimate of drug-likeness (QED) is 0.725. The Balaban J connectivity index is 2.01. The predicted octanol–water partition coefficient (Wildman–Crippen LogP) is 4.71. The van der Waals surface area contributed by atoms with Crippen molar-refractivity contribution in [2.24, 2.45) is 0 Å². The van der Waals surface area contributed by atoms with Crippen molar-refractivity contribution in [1.29, 1.82) is 0 Å². The van der Waals surface area contributed by atoms with Crippen molar-refractivity contribution in [3.05, 3.63) is 59.3 Å². The zero-order valence-electron chi connectivity index (χ0n) is 15.4. The van der Waals surface area contributed by atoms with Crippen molar-refractivity contribution in [2.45, 2.75) is 33.1 Å². The molecule has 3 rings (SSSR count). The molecule has 0 radical (unpaired) electrons. The van der Waals surface area contributed by atoms with E-state index in [1.54, 1.807) is 7.11 Å². The minimum atomic E-state index is -0.696. The molecule has 0 aliphatic heterocycles. The second-order valence-corrected chi connectivity index (χ2v) is 6.95. The molecule has 3 aromatic rings. The highest BCUT2D eigenvalue weighted by Gasteiger charge is 2.34. The molecule has 0 aliphatic rings. The summed E-state index contributed by atoms with van der Waals surface area (Å²) in [4.78, 5) is 16.5. The minimum Gasteiger partial charge on any atom is -0.495 e. The molecule has 4 heteroatoms. The highest BCUT2D eigenvalue weighted by atomic mass is 16.5. The van der Waals surface area contributed by atoms with Crippen LogP contribution >= 0.6 is 0 Å². The number of rotatable bonds is 4. The summed E-state index contributed by atoms with van der Waals surface area (Å²) in [5, 5.41) is 4.12. The van der Waals surface area contributed by atoms with Gasteiger partial charge >= 0.3 is 0 Å². The Kier molecular flexibility index (Phi) is 4.29. The van der Waals surface area contributed by atoms with Crippen LogP contribution in [0.2, 0.25) is 0 Å².